The van der Waals surface area contributed by atoms with Crippen molar-refractivity contribution in [3.8, 4) is 0 Å². The summed E-state index contributed by atoms with van der Waals surface area (Å²) < 4.78 is 0. The van der Waals surface area contributed by atoms with Crippen LogP contribution in [0.3, 0.4) is 0 Å². The Bertz CT molecular complexity index is 488. The molecule has 2 N–H and O–H groups in total. The molecule has 0 aliphatic heterocycles. The van der Waals surface area contributed by atoms with E-state index >= 15 is 0 Å². The fourth-order valence-corrected chi connectivity index (χ4v) is 2.91. The molecule has 1 atom stereocenters. The minimum atomic E-state index is -0.739. The first-order valence-corrected chi connectivity index (χ1v) is 7.87. The molecule has 0 fully saturated rings. The molecule has 1 aromatic heterocycles. The zero-order chi connectivity index (χ0) is 15.2. The van der Waals surface area contributed by atoms with E-state index in [1.165, 1.54) is 18.4 Å². The molecule has 2 rings (SSSR count). The lowest BCUT2D eigenvalue weighted by atomic mass is 9.97. The minimum absolute atomic E-state index is 0.371. The van der Waals surface area contributed by atoms with Crippen LogP contribution in [-0.2, 0) is 17.6 Å². The summed E-state index contributed by atoms with van der Waals surface area (Å²) in [7, 11) is 0. The quantitative estimate of drug-likeness (QED) is 0.788. The highest BCUT2D eigenvalue weighted by Gasteiger charge is 2.20. The number of hydrogen-bond donors (Lipinski definition) is 2. The van der Waals surface area contributed by atoms with Gasteiger partial charge in [-0.3, -0.25) is 4.79 Å². The van der Waals surface area contributed by atoms with Crippen LogP contribution in [0.5, 0.6) is 0 Å². The van der Waals surface area contributed by atoms with Crippen LogP contribution in [0.25, 0.3) is 0 Å². The lowest BCUT2D eigenvalue weighted by molar-refractivity contribution is -0.141. The molecule has 0 saturated carbocycles. The predicted octanol–water partition coefficient (Wildman–Crippen LogP) is 2.90. The first-order valence-electron chi connectivity index (χ1n) is 7.87. The fourth-order valence-electron chi connectivity index (χ4n) is 2.91. The number of anilines is 1. The lowest BCUT2D eigenvalue weighted by Gasteiger charge is -2.17. The molecule has 1 heterocycles. The van der Waals surface area contributed by atoms with Gasteiger partial charge in [-0.25, -0.2) is 9.97 Å². The number of carboxylic acids is 1. The Morgan fingerprint density at radius 3 is 2.76 bits per heavy atom. The number of nitrogens with zero attached hydrogens (tertiary/aromatic N) is 2. The van der Waals surface area contributed by atoms with Crippen LogP contribution >= 0.6 is 0 Å². The van der Waals surface area contributed by atoms with Crippen molar-refractivity contribution in [2.45, 2.75) is 52.4 Å². The van der Waals surface area contributed by atoms with Crippen LogP contribution in [0, 0.1) is 11.8 Å². The van der Waals surface area contributed by atoms with E-state index in [-0.39, 0.29) is 5.92 Å². The predicted molar refractivity (Wildman–Crippen MR) is 82.4 cm³/mol. The second-order valence-corrected chi connectivity index (χ2v) is 6.25. The molecule has 1 aliphatic rings. The van der Waals surface area contributed by atoms with Crippen molar-refractivity contribution in [3.63, 3.8) is 0 Å². The number of rotatable bonds is 6. The minimum Gasteiger partial charge on any atom is -0.481 e. The third-order valence-electron chi connectivity index (χ3n) is 4.00. The molecule has 5 nitrogen and oxygen atoms in total. The molecule has 0 bridgehead atoms. The second-order valence-electron chi connectivity index (χ2n) is 6.25. The average molecular weight is 291 g/mol. The Morgan fingerprint density at radius 2 is 2.05 bits per heavy atom. The van der Waals surface area contributed by atoms with Gasteiger partial charge in [-0.15, -0.1) is 0 Å². The van der Waals surface area contributed by atoms with Crippen molar-refractivity contribution in [1.82, 2.24) is 9.97 Å². The fraction of sp³-hybridized carbons (Fsp3) is 0.688. The summed E-state index contributed by atoms with van der Waals surface area (Å²) in [5.41, 5.74) is 2.31. The van der Waals surface area contributed by atoms with E-state index in [9.17, 15) is 9.90 Å². The van der Waals surface area contributed by atoms with Gasteiger partial charge in [0.05, 0.1) is 5.92 Å². The Kier molecular flexibility index (Phi) is 5.53. The zero-order valence-electron chi connectivity index (χ0n) is 12.9. The molecule has 116 valence electrons. The number of hydrogen-bond acceptors (Lipinski definition) is 4. The van der Waals surface area contributed by atoms with Crippen molar-refractivity contribution in [2.75, 3.05) is 11.9 Å². The average Bonchev–Trinajstić information content (AvgIpc) is 2.68. The normalized spacial score (nSPS) is 16.1. The molecular formula is C16H25N3O2. The highest BCUT2D eigenvalue weighted by Crippen LogP contribution is 2.24. The maximum Gasteiger partial charge on any atom is 0.308 e. The molecule has 0 amide bonds. The number of nitrogens with one attached hydrogen (secondary N) is 1. The van der Waals surface area contributed by atoms with E-state index < -0.39 is 5.97 Å². The van der Waals surface area contributed by atoms with Crippen LogP contribution in [0.4, 0.5) is 5.82 Å². The standard InChI is InChI=1S/C16H25N3O2/c1-11(2)8-12(16(20)21)9-17-15-13-6-4-3-5-7-14(13)18-10-19-15/h10-12H,3-9H2,1-2H3,(H,20,21)(H,17,18,19). The van der Waals surface area contributed by atoms with Crippen LogP contribution in [0.15, 0.2) is 6.33 Å². The largest absolute Gasteiger partial charge is 0.481 e. The van der Waals surface area contributed by atoms with Gasteiger partial charge in [0, 0.05) is 17.8 Å². The van der Waals surface area contributed by atoms with Gasteiger partial charge in [-0.2, -0.15) is 0 Å². The first kappa shape index (κ1) is 15.7. The van der Waals surface area contributed by atoms with E-state index in [0.29, 0.717) is 18.9 Å². The monoisotopic (exact) mass is 291 g/mol. The number of aryl methyl sites for hydroxylation is 1. The van der Waals surface area contributed by atoms with Gasteiger partial charge in [0.15, 0.2) is 0 Å². The SMILES string of the molecule is CC(C)CC(CNc1ncnc2c1CCCCC2)C(=O)O. The van der Waals surface area contributed by atoms with E-state index in [1.807, 2.05) is 13.8 Å². The second kappa shape index (κ2) is 7.38. The molecular weight excluding hydrogens is 266 g/mol. The van der Waals surface area contributed by atoms with Crippen molar-refractivity contribution in [3.05, 3.63) is 17.6 Å². The van der Waals surface area contributed by atoms with Crippen molar-refractivity contribution in [1.29, 1.82) is 0 Å². The molecule has 1 aliphatic carbocycles. The Balaban J connectivity index is 2.07. The summed E-state index contributed by atoms with van der Waals surface area (Å²) in [6.45, 7) is 4.52. The summed E-state index contributed by atoms with van der Waals surface area (Å²) in [4.78, 5) is 20.0. The summed E-state index contributed by atoms with van der Waals surface area (Å²) in [5.74, 6) is 0.0880. The van der Waals surface area contributed by atoms with Crippen molar-refractivity contribution < 1.29 is 9.90 Å². The molecule has 1 unspecified atom stereocenters. The van der Waals surface area contributed by atoms with Crippen LogP contribution in [-0.4, -0.2) is 27.6 Å². The van der Waals surface area contributed by atoms with E-state index in [0.717, 1.165) is 30.8 Å². The number of aromatic nitrogens is 2. The van der Waals surface area contributed by atoms with Crippen LogP contribution < -0.4 is 5.32 Å². The first-order chi connectivity index (χ1) is 10.1. The highest BCUT2D eigenvalue weighted by molar-refractivity contribution is 5.70. The highest BCUT2D eigenvalue weighted by atomic mass is 16.4. The molecule has 0 saturated heterocycles. The van der Waals surface area contributed by atoms with Gasteiger partial charge in [0.2, 0.25) is 0 Å². The molecule has 0 spiro atoms. The Labute approximate surface area is 126 Å². The van der Waals surface area contributed by atoms with Gasteiger partial charge in [0.25, 0.3) is 0 Å². The third-order valence-corrected chi connectivity index (χ3v) is 4.00. The van der Waals surface area contributed by atoms with Crippen molar-refractivity contribution >= 4 is 11.8 Å². The molecule has 0 radical (unpaired) electrons. The molecule has 0 aromatic carbocycles. The number of aliphatic carboxylic acids is 1. The zero-order valence-corrected chi connectivity index (χ0v) is 12.9. The van der Waals surface area contributed by atoms with E-state index in [2.05, 4.69) is 15.3 Å². The molecule has 1 aromatic rings. The number of carboxylic acid groups (broad SMARTS) is 1. The van der Waals surface area contributed by atoms with E-state index in [1.54, 1.807) is 6.33 Å². The number of carbonyl (C=O) groups is 1. The summed E-state index contributed by atoms with van der Waals surface area (Å²) in [6.07, 6.45) is 7.81. The van der Waals surface area contributed by atoms with E-state index in [4.69, 9.17) is 0 Å². The van der Waals surface area contributed by atoms with Crippen LogP contribution in [0.1, 0.15) is 50.8 Å². The smallest absolute Gasteiger partial charge is 0.308 e. The molecule has 5 heteroatoms. The summed E-state index contributed by atoms with van der Waals surface area (Å²) >= 11 is 0. The number of fused-ring (bicyclic) bond motifs is 1. The topological polar surface area (TPSA) is 75.1 Å². The Morgan fingerprint density at radius 1 is 1.29 bits per heavy atom. The van der Waals surface area contributed by atoms with Gasteiger partial charge >= 0.3 is 5.97 Å². The maximum atomic E-state index is 11.3. The van der Waals surface area contributed by atoms with Crippen LogP contribution in [0.2, 0.25) is 0 Å². The van der Waals surface area contributed by atoms with Gasteiger partial charge in [0.1, 0.15) is 12.1 Å². The Hall–Kier alpha value is -1.65. The lowest BCUT2D eigenvalue weighted by Crippen LogP contribution is -2.25. The maximum absolute atomic E-state index is 11.3. The van der Waals surface area contributed by atoms with Gasteiger partial charge in [-0.1, -0.05) is 20.3 Å². The summed E-state index contributed by atoms with van der Waals surface area (Å²) in [5, 5.41) is 12.6. The molecule has 21 heavy (non-hydrogen) atoms. The summed E-state index contributed by atoms with van der Waals surface area (Å²) in [6, 6.07) is 0. The van der Waals surface area contributed by atoms with Crippen molar-refractivity contribution in [2.24, 2.45) is 11.8 Å². The third kappa shape index (κ3) is 4.41. The van der Waals surface area contributed by atoms with Gasteiger partial charge in [-0.05, 0) is 38.0 Å². The van der Waals surface area contributed by atoms with Gasteiger partial charge < -0.3 is 10.4 Å².